The first-order valence-corrected chi connectivity index (χ1v) is 10.9. The zero-order valence-electron chi connectivity index (χ0n) is 18.7. The molecule has 8 heteroatoms. The number of hydrogen-bond donors (Lipinski definition) is 2. The molecule has 1 aliphatic rings. The van der Waals surface area contributed by atoms with E-state index in [0.29, 0.717) is 31.1 Å². The highest BCUT2D eigenvalue weighted by Crippen LogP contribution is 2.34. The number of nitrogens with zero attached hydrogens (tertiary/aromatic N) is 2. The molecule has 8 nitrogen and oxygen atoms in total. The maximum absolute atomic E-state index is 13.2. The highest BCUT2D eigenvalue weighted by Gasteiger charge is 2.27. The number of aromatic nitrogens is 3. The second kappa shape index (κ2) is 9.66. The van der Waals surface area contributed by atoms with E-state index in [9.17, 15) is 4.79 Å². The van der Waals surface area contributed by atoms with Crippen molar-refractivity contribution in [1.29, 1.82) is 0 Å². The van der Waals surface area contributed by atoms with Crippen LogP contribution < -0.4 is 19.5 Å². The molecule has 1 unspecified atom stereocenters. The number of methoxy groups -OCH3 is 1. The molecule has 3 heterocycles. The number of anilines is 1. The standard InChI is InChI=1S/C26H24N4O4/c1-32-22-5-7-24-19(10-22)9-20(16-34-24)26(31)30-23-6-4-18(21-13-28-29-14-21)11-25(23)33-15-17-3-2-8-27-12-17/h2-8,10-14,20H,9,15-16H2,1H3,(H,28,29)(H,30,31). The molecule has 172 valence electrons. The number of carbonyl (C=O) groups excluding carboxylic acids is 1. The van der Waals surface area contributed by atoms with Gasteiger partial charge in [-0.1, -0.05) is 12.1 Å². The van der Waals surface area contributed by atoms with Gasteiger partial charge in [0.25, 0.3) is 0 Å². The lowest BCUT2D eigenvalue weighted by atomic mass is 9.95. The summed E-state index contributed by atoms with van der Waals surface area (Å²) in [4.78, 5) is 17.3. The Balaban J connectivity index is 1.36. The molecule has 34 heavy (non-hydrogen) atoms. The summed E-state index contributed by atoms with van der Waals surface area (Å²) < 4.78 is 17.2. The summed E-state index contributed by atoms with van der Waals surface area (Å²) in [6, 6.07) is 15.1. The third-order valence-electron chi connectivity index (χ3n) is 5.73. The summed E-state index contributed by atoms with van der Waals surface area (Å²) in [5, 5.41) is 9.87. The number of hydrogen-bond acceptors (Lipinski definition) is 6. The minimum absolute atomic E-state index is 0.129. The Morgan fingerprint density at radius 1 is 1.18 bits per heavy atom. The first-order valence-electron chi connectivity index (χ1n) is 10.9. The Morgan fingerprint density at radius 2 is 2.12 bits per heavy atom. The van der Waals surface area contributed by atoms with Gasteiger partial charge in [0.15, 0.2) is 0 Å². The van der Waals surface area contributed by atoms with E-state index in [-0.39, 0.29) is 11.8 Å². The van der Waals surface area contributed by atoms with Crippen LogP contribution in [0.2, 0.25) is 0 Å². The quantitative estimate of drug-likeness (QED) is 0.431. The molecule has 2 N–H and O–H groups in total. The Kier molecular flexibility index (Phi) is 6.11. The third kappa shape index (κ3) is 4.71. The van der Waals surface area contributed by atoms with E-state index in [0.717, 1.165) is 33.8 Å². The molecule has 2 aromatic carbocycles. The number of nitrogens with one attached hydrogen (secondary N) is 2. The van der Waals surface area contributed by atoms with E-state index in [1.54, 1.807) is 25.7 Å². The largest absolute Gasteiger partial charge is 0.497 e. The number of ether oxygens (including phenoxy) is 3. The summed E-state index contributed by atoms with van der Waals surface area (Å²) in [6.45, 7) is 0.634. The van der Waals surface area contributed by atoms with Crippen LogP contribution in [0.5, 0.6) is 17.2 Å². The number of benzene rings is 2. The van der Waals surface area contributed by atoms with E-state index in [1.807, 2.05) is 54.7 Å². The molecular weight excluding hydrogens is 432 g/mol. The van der Waals surface area contributed by atoms with E-state index in [1.165, 1.54) is 0 Å². The van der Waals surface area contributed by atoms with Gasteiger partial charge in [0.05, 0.1) is 24.9 Å². The van der Waals surface area contributed by atoms with Crippen molar-refractivity contribution >= 4 is 11.6 Å². The van der Waals surface area contributed by atoms with E-state index >= 15 is 0 Å². The third-order valence-corrected chi connectivity index (χ3v) is 5.73. The van der Waals surface area contributed by atoms with Crippen molar-refractivity contribution in [1.82, 2.24) is 15.2 Å². The highest BCUT2D eigenvalue weighted by molar-refractivity contribution is 5.95. The average molecular weight is 457 g/mol. The van der Waals surface area contributed by atoms with Crippen LogP contribution in [0.3, 0.4) is 0 Å². The van der Waals surface area contributed by atoms with Gasteiger partial charge >= 0.3 is 0 Å². The van der Waals surface area contributed by atoms with Gasteiger partial charge in [0, 0.05) is 29.7 Å². The Morgan fingerprint density at radius 3 is 2.91 bits per heavy atom. The van der Waals surface area contributed by atoms with Gasteiger partial charge in [-0.3, -0.25) is 14.9 Å². The van der Waals surface area contributed by atoms with Crippen LogP contribution in [-0.2, 0) is 17.8 Å². The van der Waals surface area contributed by atoms with Gasteiger partial charge in [-0.05, 0) is 53.9 Å². The van der Waals surface area contributed by atoms with Gasteiger partial charge in [0.2, 0.25) is 5.91 Å². The lowest BCUT2D eigenvalue weighted by Gasteiger charge is -2.25. The summed E-state index contributed by atoms with van der Waals surface area (Å²) in [7, 11) is 1.62. The summed E-state index contributed by atoms with van der Waals surface area (Å²) in [5.41, 5.74) is 4.33. The Bertz CT molecular complexity index is 1280. The molecule has 1 amide bonds. The van der Waals surface area contributed by atoms with Crippen LogP contribution in [0.15, 0.2) is 73.3 Å². The number of amides is 1. The first-order chi connectivity index (χ1) is 16.7. The molecular formula is C26H24N4O4. The van der Waals surface area contributed by atoms with Crippen LogP contribution in [0.4, 0.5) is 5.69 Å². The minimum atomic E-state index is -0.334. The number of fused-ring (bicyclic) bond motifs is 1. The van der Waals surface area contributed by atoms with Crippen molar-refractivity contribution in [2.45, 2.75) is 13.0 Å². The molecule has 4 aromatic rings. The number of carbonyl (C=O) groups is 1. The van der Waals surface area contributed by atoms with Crippen molar-refractivity contribution in [3.8, 4) is 28.4 Å². The van der Waals surface area contributed by atoms with Crippen LogP contribution in [-0.4, -0.2) is 34.8 Å². The van der Waals surface area contributed by atoms with E-state index < -0.39 is 0 Å². The maximum Gasteiger partial charge on any atom is 0.231 e. The van der Waals surface area contributed by atoms with Gasteiger partial charge in [-0.2, -0.15) is 5.10 Å². The van der Waals surface area contributed by atoms with Gasteiger partial charge in [-0.25, -0.2) is 0 Å². The zero-order valence-corrected chi connectivity index (χ0v) is 18.7. The normalized spacial score (nSPS) is 14.6. The van der Waals surface area contributed by atoms with Crippen molar-refractivity contribution in [2.24, 2.45) is 5.92 Å². The second-order valence-electron chi connectivity index (χ2n) is 8.02. The van der Waals surface area contributed by atoms with Crippen molar-refractivity contribution in [3.05, 3.63) is 84.4 Å². The molecule has 1 aliphatic heterocycles. The summed E-state index contributed by atoms with van der Waals surface area (Å²) in [6.07, 6.45) is 7.59. The average Bonchev–Trinajstić information content (AvgIpc) is 3.43. The zero-order chi connectivity index (χ0) is 23.3. The molecule has 0 aliphatic carbocycles. The topological polar surface area (TPSA) is 98.4 Å². The van der Waals surface area contributed by atoms with Crippen molar-refractivity contribution < 1.29 is 19.0 Å². The molecule has 0 saturated carbocycles. The molecule has 0 bridgehead atoms. The fraction of sp³-hybridized carbons (Fsp3) is 0.192. The van der Waals surface area contributed by atoms with Crippen molar-refractivity contribution in [3.63, 3.8) is 0 Å². The lowest BCUT2D eigenvalue weighted by molar-refractivity contribution is -0.121. The maximum atomic E-state index is 13.2. The highest BCUT2D eigenvalue weighted by atomic mass is 16.5. The molecule has 1 atom stereocenters. The van der Waals surface area contributed by atoms with Crippen LogP contribution in [0, 0.1) is 5.92 Å². The smallest absolute Gasteiger partial charge is 0.231 e. The number of H-pyrrole nitrogens is 1. The first kappa shape index (κ1) is 21.5. The van der Waals surface area contributed by atoms with Crippen molar-refractivity contribution in [2.75, 3.05) is 19.0 Å². The predicted octanol–water partition coefficient (Wildman–Crippen LogP) is 4.25. The molecule has 0 saturated heterocycles. The summed E-state index contributed by atoms with van der Waals surface area (Å²) >= 11 is 0. The van der Waals surface area contributed by atoms with Gasteiger partial charge in [0.1, 0.15) is 30.5 Å². The molecule has 0 spiro atoms. The monoisotopic (exact) mass is 456 g/mol. The number of rotatable bonds is 7. The second-order valence-corrected chi connectivity index (χ2v) is 8.02. The molecule has 2 aromatic heterocycles. The van der Waals surface area contributed by atoms with Gasteiger partial charge in [-0.15, -0.1) is 0 Å². The fourth-order valence-corrected chi connectivity index (χ4v) is 3.88. The SMILES string of the molecule is COc1ccc2c(c1)CC(C(=O)Nc1ccc(-c3cn[nH]c3)cc1OCc1cccnc1)CO2. The predicted molar refractivity (Wildman–Crippen MR) is 127 cm³/mol. The Hall–Kier alpha value is -4.33. The number of pyridine rings is 1. The Labute approximate surface area is 196 Å². The lowest BCUT2D eigenvalue weighted by Crippen LogP contribution is -2.32. The van der Waals surface area contributed by atoms with Crippen LogP contribution >= 0.6 is 0 Å². The van der Waals surface area contributed by atoms with Crippen LogP contribution in [0.1, 0.15) is 11.1 Å². The molecule has 5 rings (SSSR count). The summed E-state index contributed by atoms with van der Waals surface area (Å²) in [5.74, 6) is 1.63. The fourth-order valence-electron chi connectivity index (χ4n) is 3.88. The number of aromatic amines is 1. The van der Waals surface area contributed by atoms with Crippen LogP contribution in [0.25, 0.3) is 11.1 Å². The van der Waals surface area contributed by atoms with E-state index in [4.69, 9.17) is 14.2 Å². The van der Waals surface area contributed by atoms with E-state index in [2.05, 4.69) is 20.5 Å². The molecule has 0 fully saturated rings. The molecule has 0 radical (unpaired) electrons. The minimum Gasteiger partial charge on any atom is -0.497 e. The van der Waals surface area contributed by atoms with Gasteiger partial charge < -0.3 is 19.5 Å².